The minimum atomic E-state index is -0.252. The molecule has 0 bridgehead atoms. The fourth-order valence-electron chi connectivity index (χ4n) is 13.6. The van der Waals surface area contributed by atoms with Crippen molar-refractivity contribution < 1.29 is 0 Å². The van der Waals surface area contributed by atoms with Crippen LogP contribution in [0.25, 0.3) is 120 Å². The predicted octanol–water partition coefficient (Wildman–Crippen LogP) is 19.1. The molecule has 0 spiro atoms. The predicted molar refractivity (Wildman–Crippen MR) is 332 cm³/mol. The van der Waals surface area contributed by atoms with E-state index in [1.165, 1.54) is 86.5 Å². The standard InChI is InChI=1S/C72H56N6/c1-71(2,3)57-43-67(77(73-59-31-15-7-23-45(59)46-24-8-16-32-60(46)73)74-61-33-17-9-25-47(61)48-26-10-18-34-62(48)74)55-42-40-54-58(72(4,5)6)44-68(56-41-39-53(57)69(55)70(54)56)78(75-63-35-19-11-27-49(63)50-28-12-20-36-64(50)75)76-65-37-21-13-29-51(65)52-30-14-22-38-66(52)76/h7-44H,1-6H3. The minimum Gasteiger partial charge on any atom is -0.233 e. The highest BCUT2D eigenvalue weighted by Crippen LogP contribution is 2.51. The second-order valence-electron chi connectivity index (χ2n) is 23.4. The molecule has 0 aliphatic heterocycles. The van der Waals surface area contributed by atoms with Crippen LogP contribution in [-0.4, -0.2) is 18.7 Å². The molecule has 12 aromatic carbocycles. The first-order valence-electron chi connectivity index (χ1n) is 27.4. The van der Waals surface area contributed by atoms with Crippen LogP contribution in [0.4, 0.5) is 11.4 Å². The summed E-state index contributed by atoms with van der Waals surface area (Å²) in [5, 5.41) is 22.1. The molecule has 6 nitrogen and oxygen atoms in total. The molecule has 374 valence electrons. The highest BCUT2D eigenvalue weighted by molar-refractivity contribution is 6.29. The van der Waals surface area contributed by atoms with Gasteiger partial charge in [0.2, 0.25) is 0 Å². The largest absolute Gasteiger partial charge is 0.233 e. The van der Waals surface area contributed by atoms with Gasteiger partial charge in [0.1, 0.15) is 0 Å². The highest BCUT2D eigenvalue weighted by Gasteiger charge is 2.33. The van der Waals surface area contributed by atoms with Gasteiger partial charge in [-0.3, -0.25) is 0 Å². The molecule has 0 saturated carbocycles. The number of aromatic nitrogens is 4. The number of anilines is 2. The van der Waals surface area contributed by atoms with Crippen LogP contribution < -0.4 is 10.2 Å². The van der Waals surface area contributed by atoms with Crippen molar-refractivity contribution in [2.24, 2.45) is 0 Å². The van der Waals surface area contributed by atoms with Crippen molar-refractivity contribution in [3.63, 3.8) is 0 Å². The van der Waals surface area contributed by atoms with Crippen molar-refractivity contribution in [2.75, 3.05) is 10.2 Å². The molecule has 78 heavy (non-hydrogen) atoms. The van der Waals surface area contributed by atoms with Gasteiger partial charge < -0.3 is 0 Å². The molecule has 0 aliphatic rings. The van der Waals surface area contributed by atoms with Gasteiger partial charge in [-0.15, -0.1) is 0 Å². The van der Waals surface area contributed by atoms with E-state index in [-0.39, 0.29) is 10.8 Å². The van der Waals surface area contributed by atoms with E-state index < -0.39 is 0 Å². The van der Waals surface area contributed by atoms with Gasteiger partial charge in [-0.25, -0.2) is 18.7 Å². The Morgan fingerprint density at radius 1 is 0.231 bits per heavy atom. The summed E-state index contributed by atoms with van der Waals surface area (Å²) in [5.41, 5.74) is 13.3. The van der Waals surface area contributed by atoms with Gasteiger partial charge in [-0.2, -0.15) is 10.2 Å². The van der Waals surface area contributed by atoms with Gasteiger partial charge in [0.15, 0.2) is 0 Å². The molecule has 0 aliphatic carbocycles. The van der Waals surface area contributed by atoms with Crippen LogP contribution in [0.1, 0.15) is 52.7 Å². The molecule has 0 fully saturated rings. The van der Waals surface area contributed by atoms with Gasteiger partial charge >= 0.3 is 0 Å². The van der Waals surface area contributed by atoms with Crippen LogP contribution in [0.15, 0.2) is 231 Å². The summed E-state index contributed by atoms with van der Waals surface area (Å²) in [7, 11) is 0. The van der Waals surface area contributed by atoms with Crippen molar-refractivity contribution in [3.05, 3.63) is 242 Å². The first kappa shape index (κ1) is 44.7. The molecule has 16 rings (SSSR count). The van der Waals surface area contributed by atoms with Gasteiger partial charge in [-0.1, -0.05) is 211 Å². The van der Waals surface area contributed by atoms with Gasteiger partial charge in [-0.05, 0) is 104 Å². The summed E-state index contributed by atoms with van der Waals surface area (Å²) in [4.78, 5) is 0. The smallest absolute Gasteiger partial charge is 0.0906 e. The van der Waals surface area contributed by atoms with E-state index in [0.29, 0.717) is 0 Å². The van der Waals surface area contributed by atoms with Crippen molar-refractivity contribution >= 4 is 131 Å². The Kier molecular flexibility index (Phi) is 9.18. The quantitative estimate of drug-likeness (QED) is 0.155. The second-order valence-corrected chi connectivity index (χ2v) is 23.4. The molecule has 0 radical (unpaired) electrons. The normalized spacial score (nSPS) is 12.7. The Morgan fingerprint density at radius 3 is 0.628 bits per heavy atom. The van der Waals surface area contributed by atoms with Crippen LogP contribution in [0, 0.1) is 0 Å². The lowest BCUT2D eigenvalue weighted by Gasteiger charge is -2.35. The Labute approximate surface area is 451 Å². The third-order valence-electron chi connectivity index (χ3n) is 16.9. The van der Waals surface area contributed by atoms with Gasteiger partial charge in [0, 0.05) is 53.9 Å². The number of benzene rings is 12. The average molecular weight is 1010 g/mol. The summed E-state index contributed by atoms with van der Waals surface area (Å²) < 4.78 is 9.95. The topological polar surface area (TPSA) is 26.2 Å². The lowest BCUT2D eigenvalue weighted by molar-refractivity contribution is 0.593. The van der Waals surface area contributed by atoms with Crippen LogP contribution in [0.5, 0.6) is 0 Å². The van der Waals surface area contributed by atoms with E-state index in [1.807, 2.05) is 0 Å². The maximum absolute atomic E-state index is 2.52. The number of nitrogens with zero attached hydrogens (tertiary/aromatic N) is 6. The van der Waals surface area contributed by atoms with E-state index in [9.17, 15) is 0 Å². The molecule has 0 amide bonds. The van der Waals surface area contributed by atoms with E-state index in [0.717, 1.165) is 55.5 Å². The lowest BCUT2D eigenvalue weighted by atomic mass is 9.77. The number of hydrogen-bond acceptors (Lipinski definition) is 2. The summed E-state index contributed by atoms with van der Waals surface area (Å²) in [6.45, 7) is 14.3. The third-order valence-corrected chi connectivity index (χ3v) is 16.9. The number of fused-ring (bicyclic) bond motifs is 12. The van der Waals surface area contributed by atoms with Crippen molar-refractivity contribution in [1.29, 1.82) is 0 Å². The summed E-state index contributed by atoms with van der Waals surface area (Å²) in [6, 6.07) is 86.1. The lowest BCUT2D eigenvalue weighted by Crippen LogP contribution is -2.35. The molecular weight excluding hydrogens is 949 g/mol. The molecule has 0 saturated heterocycles. The molecule has 4 heterocycles. The van der Waals surface area contributed by atoms with E-state index in [2.05, 4.69) is 301 Å². The Morgan fingerprint density at radius 2 is 0.423 bits per heavy atom. The molecular formula is C72H56N6. The fourth-order valence-corrected chi connectivity index (χ4v) is 13.6. The SMILES string of the molecule is CC(C)(C)c1cc(N(n2c3ccccc3c3ccccc32)n2c3ccccc3c3ccccc32)c2ccc3c(C(C)(C)C)cc(N(n4c5ccccc5c5ccccc54)n4c5ccccc5c5ccccc54)c4ccc1c2c43. The zero-order chi connectivity index (χ0) is 52.3. The average Bonchev–Trinajstić information content (AvgIpc) is 4.34. The fraction of sp³-hybridized carbons (Fsp3) is 0.111. The maximum Gasteiger partial charge on any atom is 0.0906 e. The highest BCUT2D eigenvalue weighted by atomic mass is 15.8. The third kappa shape index (κ3) is 6.08. The first-order valence-corrected chi connectivity index (χ1v) is 27.4. The van der Waals surface area contributed by atoms with Crippen LogP contribution in [0.3, 0.4) is 0 Å². The molecule has 0 N–H and O–H groups in total. The molecule has 16 aromatic rings. The summed E-state index contributed by atoms with van der Waals surface area (Å²) in [5.74, 6) is 0. The zero-order valence-corrected chi connectivity index (χ0v) is 44.6. The Hall–Kier alpha value is -9.52. The summed E-state index contributed by atoms with van der Waals surface area (Å²) in [6.07, 6.45) is 0. The second kappa shape index (κ2) is 16.0. The van der Waals surface area contributed by atoms with E-state index in [4.69, 9.17) is 0 Å². The molecule has 0 unspecified atom stereocenters. The zero-order valence-electron chi connectivity index (χ0n) is 44.6. The number of hydrogen-bond donors (Lipinski definition) is 0. The van der Waals surface area contributed by atoms with E-state index in [1.54, 1.807) is 0 Å². The maximum atomic E-state index is 2.52. The van der Waals surface area contributed by atoms with Crippen LogP contribution in [0.2, 0.25) is 0 Å². The van der Waals surface area contributed by atoms with Crippen LogP contribution in [-0.2, 0) is 10.8 Å². The van der Waals surface area contributed by atoms with Gasteiger partial charge in [0.25, 0.3) is 0 Å². The monoisotopic (exact) mass is 1000 g/mol. The minimum absolute atomic E-state index is 0.252. The molecule has 0 atom stereocenters. The summed E-state index contributed by atoms with van der Waals surface area (Å²) >= 11 is 0. The molecule has 6 heteroatoms. The number of rotatable bonds is 6. The molecule has 4 aromatic heterocycles. The van der Waals surface area contributed by atoms with Gasteiger partial charge in [0.05, 0.1) is 55.5 Å². The van der Waals surface area contributed by atoms with Crippen molar-refractivity contribution in [1.82, 2.24) is 18.7 Å². The van der Waals surface area contributed by atoms with Crippen molar-refractivity contribution in [3.8, 4) is 0 Å². The Bertz CT molecular complexity index is 4380. The van der Waals surface area contributed by atoms with E-state index >= 15 is 0 Å². The first-order chi connectivity index (χ1) is 38.0. The Balaban J connectivity index is 1.12. The van der Waals surface area contributed by atoms with Crippen molar-refractivity contribution in [2.45, 2.75) is 52.4 Å². The van der Waals surface area contributed by atoms with Crippen LogP contribution >= 0.6 is 0 Å². The number of para-hydroxylation sites is 8.